The molecule has 0 bridgehead atoms. The molecule has 30 heavy (non-hydrogen) atoms. The summed E-state index contributed by atoms with van der Waals surface area (Å²) in [6, 6.07) is 6.72. The van der Waals surface area contributed by atoms with Crippen LogP contribution >= 0.6 is 0 Å². The van der Waals surface area contributed by atoms with E-state index in [1.54, 1.807) is 24.3 Å². The molecule has 1 aromatic carbocycles. The Morgan fingerprint density at radius 2 is 2.03 bits per heavy atom. The van der Waals surface area contributed by atoms with Crippen molar-refractivity contribution in [1.29, 1.82) is 0 Å². The van der Waals surface area contributed by atoms with Crippen LogP contribution in [-0.4, -0.2) is 56.6 Å². The van der Waals surface area contributed by atoms with E-state index in [1.165, 1.54) is 7.11 Å². The summed E-state index contributed by atoms with van der Waals surface area (Å²) >= 11 is 0. The number of carbonyl (C=O) groups is 3. The monoisotopic (exact) mass is 419 g/mol. The molecule has 2 amide bonds. The minimum atomic E-state index is -0.436. The number of methoxy groups -OCH3 is 1. The number of unbranched alkanes of at least 4 members (excludes halogenated alkanes) is 1. The molecule has 2 rings (SSSR count). The maximum absolute atomic E-state index is 12.6. The molecule has 1 aromatic rings. The summed E-state index contributed by atoms with van der Waals surface area (Å²) in [4.78, 5) is 39.8. The lowest BCUT2D eigenvalue weighted by Crippen LogP contribution is -2.38. The summed E-state index contributed by atoms with van der Waals surface area (Å²) < 4.78 is 10.3. The zero-order valence-corrected chi connectivity index (χ0v) is 17.1. The Hall–Kier alpha value is -3.30. The Balaban J connectivity index is 1.81. The first-order valence-corrected chi connectivity index (χ1v) is 9.83. The number of nitrogens with one attached hydrogen (secondary N) is 2. The van der Waals surface area contributed by atoms with Gasteiger partial charge in [-0.2, -0.15) is 0 Å². The predicted molar refractivity (Wildman–Crippen MR) is 111 cm³/mol. The number of guanidine groups is 1. The number of benzene rings is 1. The molecule has 1 saturated heterocycles. The quantitative estimate of drug-likeness (QED) is 0.169. The zero-order chi connectivity index (χ0) is 21.9. The molecular weight excluding hydrogens is 390 g/mol. The van der Waals surface area contributed by atoms with Crippen LogP contribution in [0.1, 0.15) is 36.0 Å². The zero-order valence-electron chi connectivity index (χ0n) is 17.1. The van der Waals surface area contributed by atoms with Gasteiger partial charge in [-0.15, -0.1) is 0 Å². The second kappa shape index (κ2) is 11.6. The van der Waals surface area contributed by atoms with Crippen LogP contribution in [0.2, 0.25) is 0 Å². The topological polar surface area (TPSA) is 158 Å². The highest BCUT2D eigenvalue weighted by Crippen LogP contribution is 2.21. The van der Waals surface area contributed by atoms with E-state index in [9.17, 15) is 14.4 Å². The van der Waals surface area contributed by atoms with Crippen molar-refractivity contribution < 1.29 is 23.9 Å². The number of esters is 1. The van der Waals surface area contributed by atoms with Gasteiger partial charge in [-0.25, -0.2) is 0 Å². The maximum Gasteiger partial charge on any atom is 0.306 e. The Kier molecular flexibility index (Phi) is 8.92. The largest absolute Gasteiger partial charge is 0.493 e. The third kappa shape index (κ3) is 7.26. The minimum Gasteiger partial charge on any atom is -0.493 e. The SMILES string of the molecule is COC(=O)C[C@@H]1C[C@@H](CNC(=O)c2ccccc2OCCCCN=C(N)N)NC1=O. The van der Waals surface area contributed by atoms with E-state index >= 15 is 0 Å². The molecule has 0 spiro atoms. The summed E-state index contributed by atoms with van der Waals surface area (Å²) in [5.74, 6) is -0.817. The van der Waals surface area contributed by atoms with E-state index in [1.807, 2.05) is 0 Å². The molecule has 10 heteroatoms. The maximum atomic E-state index is 12.6. The van der Waals surface area contributed by atoms with Crippen molar-refractivity contribution in [3.05, 3.63) is 29.8 Å². The van der Waals surface area contributed by atoms with Gasteiger partial charge in [0.1, 0.15) is 5.75 Å². The van der Waals surface area contributed by atoms with Crippen LogP contribution in [0.5, 0.6) is 5.75 Å². The van der Waals surface area contributed by atoms with Gasteiger partial charge in [0, 0.05) is 19.1 Å². The van der Waals surface area contributed by atoms with Gasteiger partial charge >= 0.3 is 5.97 Å². The molecule has 0 aromatic heterocycles. The molecule has 1 fully saturated rings. The molecular formula is C20H29N5O5. The van der Waals surface area contributed by atoms with Crippen molar-refractivity contribution in [1.82, 2.24) is 10.6 Å². The second-order valence-electron chi connectivity index (χ2n) is 6.99. The standard InChI is InChI=1S/C20H29N5O5/c1-29-17(26)11-13-10-14(25-18(13)27)12-24-19(28)15-6-2-3-7-16(15)30-9-5-4-8-23-20(21)22/h2-3,6-7,13-14H,4-5,8-12H2,1H3,(H,24,28)(H,25,27)(H4,21,22,23)/t13-,14-/m0/s1. The minimum absolute atomic E-state index is 0.0344. The molecule has 1 heterocycles. The molecule has 2 atom stereocenters. The fraction of sp³-hybridized carbons (Fsp3) is 0.500. The number of rotatable bonds is 11. The Morgan fingerprint density at radius 3 is 2.77 bits per heavy atom. The van der Waals surface area contributed by atoms with Gasteiger partial charge in [-0.1, -0.05) is 12.1 Å². The number of para-hydroxylation sites is 1. The number of nitrogens with two attached hydrogens (primary N) is 2. The van der Waals surface area contributed by atoms with E-state index in [2.05, 4.69) is 20.4 Å². The Morgan fingerprint density at radius 1 is 1.27 bits per heavy atom. The average Bonchev–Trinajstić information content (AvgIpc) is 3.07. The lowest BCUT2D eigenvalue weighted by molar-refractivity contribution is -0.143. The van der Waals surface area contributed by atoms with Gasteiger partial charge < -0.3 is 31.6 Å². The first kappa shape index (κ1) is 23.0. The van der Waals surface area contributed by atoms with Gasteiger partial charge in [0.15, 0.2) is 5.96 Å². The number of nitrogens with zero attached hydrogens (tertiary/aromatic N) is 1. The highest BCUT2D eigenvalue weighted by atomic mass is 16.5. The average molecular weight is 419 g/mol. The van der Waals surface area contributed by atoms with E-state index in [0.717, 1.165) is 12.8 Å². The van der Waals surface area contributed by atoms with E-state index in [4.69, 9.17) is 16.2 Å². The molecule has 6 N–H and O–H groups in total. The van der Waals surface area contributed by atoms with Gasteiger partial charge in [0.05, 0.1) is 31.6 Å². The smallest absolute Gasteiger partial charge is 0.306 e. The predicted octanol–water partition coefficient (Wildman–Crippen LogP) is -0.0834. The Labute approximate surface area is 175 Å². The summed E-state index contributed by atoms with van der Waals surface area (Å²) in [6.07, 6.45) is 2.00. The lowest BCUT2D eigenvalue weighted by atomic mass is 10.0. The van der Waals surface area contributed by atoms with E-state index in [0.29, 0.717) is 30.9 Å². The van der Waals surface area contributed by atoms with Crippen LogP contribution < -0.4 is 26.8 Å². The first-order chi connectivity index (χ1) is 14.4. The second-order valence-corrected chi connectivity index (χ2v) is 6.99. The molecule has 1 aliphatic rings. The number of hydrogen-bond donors (Lipinski definition) is 4. The van der Waals surface area contributed by atoms with Crippen LogP contribution in [0.15, 0.2) is 29.3 Å². The number of aliphatic imine (C=N–C) groups is 1. The highest BCUT2D eigenvalue weighted by Gasteiger charge is 2.33. The van der Waals surface area contributed by atoms with Crippen molar-refractivity contribution in [2.75, 3.05) is 26.8 Å². The van der Waals surface area contributed by atoms with Crippen LogP contribution in [-0.2, 0) is 14.3 Å². The van der Waals surface area contributed by atoms with Crippen molar-refractivity contribution in [3.63, 3.8) is 0 Å². The molecule has 164 valence electrons. The summed E-state index contributed by atoms with van der Waals surface area (Å²) in [5.41, 5.74) is 11.0. The van der Waals surface area contributed by atoms with E-state index < -0.39 is 11.9 Å². The normalized spacial score (nSPS) is 17.7. The van der Waals surface area contributed by atoms with Crippen LogP contribution in [0.25, 0.3) is 0 Å². The number of carbonyl (C=O) groups excluding carboxylic acids is 3. The molecule has 0 aliphatic carbocycles. The van der Waals surface area contributed by atoms with Gasteiger partial charge in [-0.05, 0) is 31.4 Å². The molecule has 0 saturated carbocycles. The van der Waals surface area contributed by atoms with E-state index in [-0.39, 0.29) is 36.8 Å². The number of ether oxygens (including phenoxy) is 2. The molecule has 1 aliphatic heterocycles. The van der Waals surface area contributed by atoms with Crippen LogP contribution in [0, 0.1) is 5.92 Å². The molecule has 0 unspecified atom stereocenters. The highest BCUT2D eigenvalue weighted by molar-refractivity contribution is 5.97. The first-order valence-electron chi connectivity index (χ1n) is 9.83. The fourth-order valence-electron chi connectivity index (χ4n) is 3.12. The number of hydrogen-bond acceptors (Lipinski definition) is 6. The van der Waals surface area contributed by atoms with Crippen molar-refractivity contribution in [3.8, 4) is 5.75 Å². The number of amides is 2. The third-order valence-corrected chi connectivity index (χ3v) is 4.67. The van der Waals surface area contributed by atoms with Crippen LogP contribution in [0.3, 0.4) is 0 Å². The van der Waals surface area contributed by atoms with Crippen molar-refractivity contribution in [2.24, 2.45) is 22.4 Å². The third-order valence-electron chi connectivity index (χ3n) is 4.67. The fourth-order valence-corrected chi connectivity index (χ4v) is 3.12. The summed E-state index contributed by atoms with van der Waals surface area (Å²) in [7, 11) is 1.29. The Bertz CT molecular complexity index is 779. The van der Waals surface area contributed by atoms with Gasteiger partial charge in [0.25, 0.3) is 5.91 Å². The lowest BCUT2D eigenvalue weighted by Gasteiger charge is -2.14. The van der Waals surface area contributed by atoms with Crippen molar-refractivity contribution in [2.45, 2.75) is 31.7 Å². The summed E-state index contributed by atoms with van der Waals surface area (Å²) in [5, 5.41) is 5.61. The van der Waals surface area contributed by atoms with Crippen molar-refractivity contribution >= 4 is 23.7 Å². The summed E-state index contributed by atoms with van der Waals surface area (Å²) in [6.45, 7) is 1.21. The van der Waals surface area contributed by atoms with Crippen LogP contribution in [0.4, 0.5) is 0 Å². The molecule has 10 nitrogen and oxygen atoms in total. The van der Waals surface area contributed by atoms with Gasteiger partial charge in [0.2, 0.25) is 5.91 Å². The molecule has 0 radical (unpaired) electrons. The van der Waals surface area contributed by atoms with Gasteiger partial charge in [-0.3, -0.25) is 19.4 Å².